The van der Waals surface area contributed by atoms with E-state index in [9.17, 15) is 13.2 Å². The lowest BCUT2D eigenvalue weighted by Gasteiger charge is -2.08. The molecule has 2 aromatic carbocycles. The van der Waals surface area contributed by atoms with E-state index in [-0.39, 0.29) is 5.56 Å². The second-order valence-corrected chi connectivity index (χ2v) is 3.51. The molecule has 0 bridgehead atoms. The molecule has 0 radical (unpaired) electrons. The fraction of sp³-hybridized carbons (Fsp3) is 0.0769. The van der Waals surface area contributed by atoms with Gasteiger partial charge in [-0.1, -0.05) is 24.3 Å². The van der Waals surface area contributed by atoms with Gasteiger partial charge in [0.2, 0.25) is 0 Å². The SMILES string of the molecule is Cc1c(F)cccc1-c1cccc(F)c1F. The Hall–Kier alpha value is -1.77. The average molecular weight is 222 g/mol. The van der Waals surface area contributed by atoms with E-state index in [0.29, 0.717) is 11.1 Å². The average Bonchev–Trinajstić information content (AvgIpc) is 2.27. The summed E-state index contributed by atoms with van der Waals surface area (Å²) in [6, 6.07) is 8.19. The summed E-state index contributed by atoms with van der Waals surface area (Å²) >= 11 is 0. The van der Waals surface area contributed by atoms with Crippen molar-refractivity contribution in [3.63, 3.8) is 0 Å². The van der Waals surface area contributed by atoms with E-state index in [4.69, 9.17) is 0 Å². The zero-order chi connectivity index (χ0) is 11.7. The Kier molecular flexibility index (Phi) is 2.69. The minimum absolute atomic E-state index is 0.0806. The van der Waals surface area contributed by atoms with Crippen LogP contribution >= 0.6 is 0 Å². The van der Waals surface area contributed by atoms with Gasteiger partial charge in [0.25, 0.3) is 0 Å². The molecule has 82 valence electrons. The molecule has 0 unspecified atom stereocenters. The van der Waals surface area contributed by atoms with Gasteiger partial charge in [0.15, 0.2) is 11.6 Å². The van der Waals surface area contributed by atoms with E-state index in [2.05, 4.69) is 0 Å². The van der Waals surface area contributed by atoms with E-state index >= 15 is 0 Å². The number of benzene rings is 2. The van der Waals surface area contributed by atoms with Gasteiger partial charge in [0.1, 0.15) is 5.82 Å². The van der Waals surface area contributed by atoms with Gasteiger partial charge in [-0.2, -0.15) is 0 Å². The quantitative estimate of drug-likeness (QED) is 0.682. The summed E-state index contributed by atoms with van der Waals surface area (Å²) in [4.78, 5) is 0. The Labute approximate surface area is 91.4 Å². The maximum absolute atomic E-state index is 13.5. The maximum atomic E-state index is 13.5. The van der Waals surface area contributed by atoms with Crippen LogP contribution in [0.4, 0.5) is 13.2 Å². The number of halogens is 3. The Balaban J connectivity index is 2.68. The van der Waals surface area contributed by atoms with E-state index in [1.807, 2.05) is 0 Å². The monoisotopic (exact) mass is 222 g/mol. The molecule has 0 amide bonds. The molecule has 0 saturated carbocycles. The molecule has 0 aliphatic heterocycles. The summed E-state index contributed by atoms with van der Waals surface area (Å²) in [6.45, 7) is 1.54. The highest BCUT2D eigenvalue weighted by molar-refractivity contribution is 5.67. The molecular formula is C13H9F3. The van der Waals surface area contributed by atoms with Crippen molar-refractivity contribution in [3.05, 3.63) is 59.4 Å². The summed E-state index contributed by atoms with van der Waals surface area (Å²) in [6.07, 6.45) is 0. The fourth-order valence-corrected chi connectivity index (χ4v) is 1.61. The van der Waals surface area contributed by atoms with Crippen LogP contribution in [-0.4, -0.2) is 0 Å². The van der Waals surface area contributed by atoms with Crippen molar-refractivity contribution in [3.8, 4) is 11.1 Å². The first-order valence-corrected chi connectivity index (χ1v) is 4.80. The lowest BCUT2D eigenvalue weighted by atomic mass is 10.00. The molecule has 0 heterocycles. The molecule has 2 rings (SSSR count). The molecule has 16 heavy (non-hydrogen) atoms. The van der Waals surface area contributed by atoms with Crippen LogP contribution in [0.3, 0.4) is 0 Å². The first-order chi connectivity index (χ1) is 7.61. The minimum Gasteiger partial charge on any atom is -0.207 e. The summed E-state index contributed by atoms with van der Waals surface area (Å²) in [7, 11) is 0. The van der Waals surface area contributed by atoms with Crippen LogP contribution in [0.25, 0.3) is 11.1 Å². The van der Waals surface area contributed by atoms with Gasteiger partial charge >= 0.3 is 0 Å². The summed E-state index contributed by atoms with van der Waals surface area (Å²) < 4.78 is 39.8. The summed E-state index contributed by atoms with van der Waals surface area (Å²) in [5, 5.41) is 0. The van der Waals surface area contributed by atoms with Crippen molar-refractivity contribution in [1.82, 2.24) is 0 Å². The van der Waals surface area contributed by atoms with Crippen LogP contribution in [0, 0.1) is 24.4 Å². The van der Waals surface area contributed by atoms with Crippen LogP contribution < -0.4 is 0 Å². The number of rotatable bonds is 1. The highest BCUT2D eigenvalue weighted by Crippen LogP contribution is 2.28. The van der Waals surface area contributed by atoms with Gasteiger partial charge in [-0.25, -0.2) is 13.2 Å². The summed E-state index contributed by atoms with van der Waals surface area (Å²) in [5.41, 5.74) is 0.765. The van der Waals surface area contributed by atoms with Crippen molar-refractivity contribution >= 4 is 0 Å². The van der Waals surface area contributed by atoms with Crippen molar-refractivity contribution in [2.45, 2.75) is 6.92 Å². The fourth-order valence-electron chi connectivity index (χ4n) is 1.61. The van der Waals surface area contributed by atoms with Crippen molar-refractivity contribution in [1.29, 1.82) is 0 Å². The predicted octanol–water partition coefficient (Wildman–Crippen LogP) is 4.08. The molecule has 0 aliphatic carbocycles. The highest BCUT2D eigenvalue weighted by Gasteiger charge is 2.12. The molecule has 0 atom stereocenters. The molecule has 0 spiro atoms. The highest BCUT2D eigenvalue weighted by atomic mass is 19.2. The van der Waals surface area contributed by atoms with Crippen LogP contribution in [0.15, 0.2) is 36.4 Å². The molecule has 0 saturated heterocycles. The standard InChI is InChI=1S/C13H9F3/c1-8-9(4-2-6-11(8)14)10-5-3-7-12(15)13(10)16/h2-7H,1H3. The minimum atomic E-state index is -0.948. The normalized spacial score (nSPS) is 10.5. The van der Waals surface area contributed by atoms with Crippen LogP contribution in [0.5, 0.6) is 0 Å². The van der Waals surface area contributed by atoms with Crippen molar-refractivity contribution in [2.75, 3.05) is 0 Å². The lowest BCUT2D eigenvalue weighted by Crippen LogP contribution is -1.93. The van der Waals surface area contributed by atoms with Crippen molar-refractivity contribution in [2.24, 2.45) is 0 Å². The Morgan fingerprint density at radius 1 is 0.750 bits per heavy atom. The molecule has 0 aliphatic rings. The second-order valence-electron chi connectivity index (χ2n) is 3.51. The van der Waals surface area contributed by atoms with Gasteiger partial charge in [-0.05, 0) is 30.2 Å². The molecule has 0 fully saturated rings. The third-order valence-corrected chi connectivity index (χ3v) is 2.51. The largest absolute Gasteiger partial charge is 0.207 e. The third kappa shape index (κ3) is 1.69. The van der Waals surface area contributed by atoms with E-state index in [1.54, 1.807) is 6.07 Å². The van der Waals surface area contributed by atoms with Gasteiger partial charge in [-0.15, -0.1) is 0 Å². The van der Waals surface area contributed by atoms with E-state index in [1.165, 1.54) is 31.2 Å². The Morgan fingerprint density at radius 2 is 1.31 bits per heavy atom. The Morgan fingerprint density at radius 3 is 2.00 bits per heavy atom. The van der Waals surface area contributed by atoms with E-state index in [0.717, 1.165) is 6.07 Å². The van der Waals surface area contributed by atoms with Crippen LogP contribution in [-0.2, 0) is 0 Å². The third-order valence-electron chi connectivity index (χ3n) is 2.51. The van der Waals surface area contributed by atoms with Crippen molar-refractivity contribution < 1.29 is 13.2 Å². The molecule has 0 N–H and O–H groups in total. The number of hydrogen-bond acceptors (Lipinski definition) is 0. The van der Waals surface area contributed by atoms with Gasteiger partial charge < -0.3 is 0 Å². The first kappa shape index (κ1) is 10.7. The van der Waals surface area contributed by atoms with Gasteiger partial charge in [0, 0.05) is 5.56 Å². The van der Waals surface area contributed by atoms with Gasteiger partial charge in [-0.3, -0.25) is 0 Å². The molecule has 0 aromatic heterocycles. The second kappa shape index (κ2) is 4.00. The number of hydrogen-bond donors (Lipinski definition) is 0. The molecular weight excluding hydrogens is 213 g/mol. The smallest absolute Gasteiger partial charge is 0.166 e. The zero-order valence-corrected chi connectivity index (χ0v) is 8.60. The van der Waals surface area contributed by atoms with Gasteiger partial charge in [0.05, 0.1) is 0 Å². The molecule has 0 nitrogen and oxygen atoms in total. The first-order valence-electron chi connectivity index (χ1n) is 4.80. The zero-order valence-electron chi connectivity index (χ0n) is 8.60. The topological polar surface area (TPSA) is 0 Å². The van der Waals surface area contributed by atoms with E-state index < -0.39 is 17.5 Å². The lowest BCUT2D eigenvalue weighted by molar-refractivity contribution is 0.511. The summed E-state index contributed by atoms with van der Waals surface area (Å²) in [5.74, 6) is -2.31. The maximum Gasteiger partial charge on any atom is 0.166 e. The Bertz CT molecular complexity index is 483. The van der Waals surface area contributed by atoms with Crippen LogP contribution in [0.2, 0.25) is 0 Å². The predicted molar refractivity (Wildman–Crippen MR) is 56.5 cm³/mol. The molecule has 2 aromatic rings. The molecule has 3 heteroatoms. The van der Waals surface area contributed by atoms with Crippen LogP contribution in [0.1, 0.15) is 5.56 Å².